The van der Waals surface area contributed by atoms with Crippen molar-refractivity contribution >= 4 is 0 Å². The molecule has 0 aliphatic carbocycles. The SMILES string of the molecule is CNCC(C)CN(C)Cc1ccccc1F. The molecule has 0 spiro atoms. The van der Waals surface area contributed by atoms with Crippen LogP contribution in [0.5, 0.6) is 0 Å². The van der Waals surface area contributed by atoms with E-state index in [1.165, 1.54) is 6.07 Å². The Hall–Kier alpha value is -0.930. The molecule has 90 valence electrons. The molecule has 3 heteroatoms. The molecule has 0 radical (unpaired) electrons. The second-order valence-electron chi connectivity index (χ2n) is 4.45. The first-order valence-corrected chi connectivity index (χ1v) is 5.70. The zero-order valence-electron chi connectivity index (χ0n) is 10.3. The van der Waals surface area contributed by atoms with Crippen LogP contribution in [-0.4, -0.2) is 32.1 Å². The van der Waals surface area contributed by atoms with Gasteiger partial charge in [0.1, 0.15) is 5.82 Å². The van der Waals surface area contributed by atoms with Crippen molar-refractivity contribution in [3.63, 3.8) is 0 Å². The van der Waals surface area contributed by atoms with Crippen LogP contribution in [0.1, 0.15) is 12.5 Å². The minimum atomic E-state index is -0.115. The molecule has 1 N–H and O–H groups in total. The van der Waals surface area contributed by atoms with Crippen molar-refractivity contribution in [2.45, 2.75) is 13.5 Å². The quantitative estimate of drug-likeness (QED) is 0.796. The minimum Gasteiger partial charge on any atom is -0.319 e. The largest absolute Gasteiger partial charge is 0.319 e. The summed E-state index contributed by atoms with van der Waals surface area (Å²) >= 11 is 0. The molecule has 1 rings (SSSR count). The van der Waals surface area contributed by atoms with E-state index in [0.717, 1.165) is 18.7 Å². The predicted molar refractivity (Wildman–Crippen MR) is 65.8 cm³/mol. The Kier molecular flexibility index (Phi) is 5.43. The van der Waals surface area contributed by atoms with Gasteiger partial charge in [-0.3, -0.25) is 0 Å². The molecule has 0 bridgehead atoms. The molecule has 2 nitrogen and oxygen atoms in total. The van der Waals surface area contributed by atoms with Crippen LogP contribution in [0, 0.1) is 11.7 Å². The van der Waals surface area contributed by atoms with Crippen LogP contribution in [0.3, 0.4) is 0 Å². The third-order valence-corrected chi connectivity index (χ3v) is 2.57. The maximum Gasteiger partial charge on any atom is 0.127 e. The van der Waals surface area contributed by atoms with E-state index in [2.05, 4.69) is 17.1 Å². The van der Waals surface area contributed by atoms with E-state index in [4.69, 9.17) is 0 Å². The standard InChI is InChI=1S/C13H21FN2/c1-11(8-15-2)9-16(3)10-12-6-4-5-7-13(12)14/h4-7,11,15H,8-10H2,1-3H3. The van der Waals surface area contributed by atoms with E-state index >= 15 is 0 Å². The van der Waals surface area contributed by atoms with Crippen LogP contribution >= 0.6 is 0 Å². The second-order valence-corrected chi connectivity index (χ2v) is 4.45. The first-order chi connectivity index (χ1) is 7.63. The Morgan fingerprint density at radius 1 is 1.38 bits per heavy atom. The van der Waals surface area contributed by atoms with Crippen LogP contribution in [0.2, 0.25) is 0 Å². The Labute approximate surface area is 97.5 Å². The average Bonchev–Trinajstić information content (AvgIpc) is 2.21. The van der Waals surface area contributed by atoms with Gasteiger partial charge in [-0.1, -0.05) is 25.1 Å². The first kappa shape index (κ1) is 13.1. The maximum absolute atomic E-state index is 13.4. The second kappa shape index (κ2) is 6.61. The minimum absolute atomic E-state index is 0.115. The highest BCUT2D eigenvalue weighted by molar-refractivity contribution is 5.16. The monoisotopic (exact) mass is 224 g/mol. The Morgan fingerprint density at radius 3 is 2.69 bits per heavy atom. The zero-order chi connectivity index (χ0) is 12.0. The molecule has 0 amide bonds. The number of nitrogens with zero attached hydrogens (tertiary/aromatic N) is 1. The predicted octanol–water partition coefficient (Wildman–Crippen LogP) is 2.11. The molecule has 0 aliphatic rings. The number of benzene rings is 1. The van der Waals surface area contributed by atoms with Gasteiger partial charge in [0, 0.05) is 18.7 Å². The van der Waals surface area contributed by atoms with Crippen LogP contribution in [-0.2, 0) is 6.54 Å². The molecule has 16 heavy (non-hydrogen) atoms. The lowest BCUT2D eigenvalue weighted by atomic mass is 10.1. The fourth-order valence-corrected chi connectivity index (χ4v) is 1.93. The number of hydrogen-bond acceptors (Lipinski definition) is 2. The van der Waals surface area contributed by atoms with E-state index in [9.17, 15) is 4.39 Å². The summed E-state index contributed by atoms with van der Waals surface area (Å²) in [6.07, 6.45) is 0. The van der Waals surface area contributed by atoms with Crippen molar-refractivity contribution < 1.29 is 4.39 Å². The molecule has 0 saturated carbocycles. The Morgan fingerprint density at radius 2 is 2.06 bits per heavy atom. The van der Waals surface area contributed by atoms with Crippen molar-refractivity contribution in [1.82, 2.24) is 10.2 Å². The van der Waals surface area contributed by atoms with Crippen LogP contribution in [0.4, 0.5) is 4.39 Å². The summed E-state index contributed by atoms with van der Waals surface area (Å²) < 4.78 is 13.4. The van der Waals surface area contributed by atoms with Crippen LogP contribution < -0.4 is 5.32 Å². The summed E-state index contributed by atoms with van der Waals surface area (Å²) in [7, 11) is 3.98. The summed E-state index contributed by atoms with van der Waals surface area (Å²) in [5.41, 5.74) is 0.765. The summed E-state index contributed by atoms with van der Waals surface area (Å²) in [5, 5.41) is 3.15. The summed E-state index contributed by atoms with van der Waals surface area (Å²) in [6, 6.07) is 6.96. The summed E-state index contributed by atoms with van der Waals surface area (Å²) in [5.74, 6) is 0.456. The van der Waals surface area contributed by atoms with Crippen molar-refractivity contribution in [2.24, 2.45) is 5.92 Å². The topological polar surface area (TPSA) is 15.3 Å². The van der Waals surface area contributed by atoms with Gasteiger partial charge in [-0.05, 0) is 32.6 Å². The lowest BCUT2D eigenvalue weighted by Gasteiger charge is -2.21. The highest BCUT2D eigenvalue weighted by Crippen LogP contribution is 2.09. The van der Waals surface area contributed by atoms with Crippen molar-refractivity contribution in [3.05, 3.63) is 35.6 Å². The smallest absolute Gasteiger partial charge is 0.127 e. The molecule has 0 fully saturated rings. The third-order valence-electron chi connectivity index (χ3n) is 2.57. The van der Waals surface area contributed by atoms with E-state index in [-0.39, 0.29) is 5.82 Å². The maximum atomic E-state index is 13.4. The van der Waals surface area contributed by atoms with Crippen molar-refractivity contribution in [1.29, 1.82) is 0 Å². The van der Waals surface area contributed by atoms with Gasteiger partial charge in [0.25, 0.3) is 0 Å². The van der Waals surface area contributed by atoms with Gasteiger partial charge >= 0.3 is 0 Å². The molecule has 1 aromatic rings. The third kappa shape index (κ3) is 4.29. The van der Waals surface area contributed by atoms with E-state index < -0.39 is 0 Å². The Balaban J connectivity index is 2.45. The van der Waals surface area contributed by atoms with E-state index in [1.54, 1.807) is 6.07 Å². The normalized spacial score (nSPS) is 13.1. The van der Waals surface area contributed by atoms with Gasteiger partial charge < -0.3 is 10.2 Å². The van der Waals surface area contributed by atoms with Gasteiger partial charge in [-0.2, -0.15) is 0 Å². The first-order valence-electron chi connectivity index (χ1n) is 5.70. The molecule has 1 atom stereocenters. The lowest BCUT2D eigenvalue weighted by Crippen LogP contribution is -2.29. The van der Waals surface area contributed by atoms with Crippen molar-refractivity contribution in [2.75, 3.05) is 27.2 Å². The summed E-state index contributed by atoms with van der Waals surface area (Å²) in [4.78, 5) is 2.15. The fourth-order valence-electron chi connectivity index (χ4n) is 1.93. The highest BCUT2D eigenvalue weighted by atomic mass is 19.1. The molecule has 0 heterocycles. The molecular formula is C13H21FN2. The lowest BCUT2D eigenvalue weighted by molar-refractivity contribution is 0.273. The van der Waals surface area contributed by atoms with E-state index in [0.29, 0.717) is 12.5 Å². The van der Waals surface area contributed by atoms with Crippen LogP contribution in [0.15, 0.2) is 24.3 Å². The number of halogens is 1. The number of nitrogens with one attached hydrogen (secondary N) is 1. The number of hydrogen-bond donors (Lipinski definition) is 1. The van der Waals surface area contributed by atoms with Gasteiger partial charge in [0.05, 0.1) is 0 Å². The molecule has 1 aromatic carbocycles. The van der Waals surface area contributed by atoms with E-state index in [1.807, 2.05) is 26.2 Å². The fraction of sp³-hybridized carbons (Fsp3) is 0.538. The van der Waals surface area contributed by atoms with Gasteiger partial charge in [0.2, 0.25) is 0 Å². The molecule has 0 saturated heterocycles. The Bertz CT molecular complexity index is 315. The average molecular weight is 224 g/mol. The molecule has 0 aliphatic heterocycles. The molecule has 1 unspecified atom stereocenters. The zero-order valence-corrected chi connectivity index (χ0v) is 10.3. The summed E-state index contributed by atoms with van der Waals surface area (Å²) in [6.45, 7) is 4.81. The van der Waals surface area contributed by atoms with Gasteiger partial charge in [-0.25, -0.2) is 4.39 Å². The van der Waals surface area contributed by atoms with Gasteiger partial charge in [0.15, 0.2) is 0 Å². The van der Waals surface area contributed by atoms with Gasteiger partial charge in [-0.15, -0.1) is 0 Å². The molecule has 0 aromatic heterocycles. The highest BCUT2D eigenvalue weighted by Gasteiger charge is 2.08. The van der Waals surface area contributed by atoms with Crippen LogP contribution in [0.25, 0.3) is 0 Å². The number of rotatable bonds is 6. The van der Waals surface area contributed by atoms with Crippen molar-refractivity contribution in [3.8, 4) is 0 Å². The molecular weight excluding hydrogens is 203 g/mol.